The van der Waals surface area contributed by atoms with E-state index in [4.69, 9.17) is 4.74 Å². The fourth-order valence-electron chi connectivity index (χ4n) is 3.57. The van der Waals surface area contributed by atoms with E-state index >= 15 is 0 Å². The van der Waals surface area contributed by atoms with Crippen LogP contribution in [-0.4, -0.2) is 37.7 Å². The fraction of sp³-hybridized carbons (Fsp3) is 0.500. The van der Waals surface area contributed by atoms with Crippen molar-refractivity contribution in [2.24, 2.45) is 5.92 Å². The first kappa shape index (κ1) is 15.5. The highest BCUT2D eigenvalue weighted by atomic mass is 16.5. The third-order valence-corrected chi connectivity index (χ3v) is 4.89. The molecule has 0 bridgehead atoms. The first-order valence-corrected chi connectivity index (χ1v) is 8.53. The van der Waals surface area contributed by atoms with E-state index in [2.05, 4.69) is 61.2 Å². The Morgan fingerprint density at radius 2 is 1.73 bits per heavy atom. The Balaban J connectivity index is 1.80. The van der Waals surface area contributed by atoms with Crippen LogP contribution in [0.4, 0.5) is 0 Å². The van der Waals surface area contributed by atoms with Crippen LogP contribution in [0.1, 0.15) is 31.7 Å². The van der Waals surface area contributed by atoms with Gasteiger partial charge in [0.05, 0.1) is 13.2 Å². The molecule has 2 aromatic rings. The molecule has 3 rings (SSSR count). The molecule has 0 spiro atoms. The molecule has 22 heavy (non-hydrogen) atoms. The van der Waals surface area contributed by atoms with E-state index in [1.165, 1.54) is 29.3 Å². The average Bonchev–Trinajstić information content (AvgIpc) is 2.56. The summed E-state index contributed by atoms with van der Waals surface area (Å²) in [6, 6.07) is 15.5. The van der Waals surface area contributed by atoms with Crippen molar-refractivity contribution in [2.75, 3.05) is 32.8 Å². The minimum absolute atomic E-state index is 0.619. The van der Waals surface area contributed by atoms with Gasteiger partial charge in [0.2, 0.25) is 0 Å². The lowest BCUT2D eigenvalue weighted by molar-refractivity contribution is 0.0360. The van der Waals surface area contributed by atoms with Crippen molar-refractivity contribution in [1.82, 2.24) is 4.90 Å². The van der Waals surface area contributed by atoms with Crippen molar-refractivity contribution in [1.29, 1.82) is 0 Å². The third-order valence-electron chi connectivity index (χ3n) is 4.89. The molecule has 118 valence electrons. The molecule has 0 aliphatic carbocycles. The topological polar surface area (TPSA) is 12.5 Å². The van der Waals surface area contributed by atoms with E-state index in [9.17, 15) is 0 Å². The van der Waals surface area contributed by atoms with Crippen molar-refractivity contribution in [3.05, 3.63) is 48.0 Å². The van der Waals surface area contributed by atoms with Gasteiger partial charge in [0.15, 0.2) is 0 Å². The highest BCUT2D eigenvalue weighted by Gasteiger charge is 2.20. The lowest BCUT2D eigenvalue weighted by Crippen LogP contribution is -2.37. The maximum absolute atomic E-state index is 5.45. The molecule has 0 N–H and O–H groups in total. The highest BCUT2D eigenvalue weighted by Crippen LogP contribution is 2.33. The highest BCUT2D eigenvalue weighted by molar-refractivity contribution is 5.86. The van der Waals surface area contributed by atoms with Crippen molar-refractivity contribution in [2.45, 2.75) is 26.2 Å². The first-order chi connectivity index (χ1) is 10.8. The number of nitrogens with zero attached hydrogens (tertiary/aromatic N) is 1. The largest absolute Gasteiger partial charge is 0.379 e. The SMILES string of the molecule is CC(C)[C@@H](CCN1CCOCC1)c1cccc2ccccc12. The van der Waals surface area contributed by atoms with Crippen LogP contribution in [0.25, 0.3) is 10.8 Å². The van der Waals surface area contributed by atoms with Gasteiger partial charge in [-0.1, -0.05) is 56.3 Å². The standard InChI is InChI=1S/C20H27NO/c1-16(2)18(10-11-21-12-14-22-15-13-21)20-9-5-7-17-6-3-4-8-19(17)20/h3-9,16,18H,10-15H2,1-2H3/t18-/m1/s1. The Morgan fingerprint density at radius 1 is 1.00 bits per heavy atom. The third kappa shape index (κ3) is 3.50. The average molecular weight is 297 g/mol. The first-order valence-electron chi connectivity index (χ1n) is 8.53. The van der Waals surface area contributed by atoms with Gasteiger partial charge in [0, 0.05) is 13.1 Å². The molecule has 1 saturated heterocycles. The zero-order chi connectivity index (χ0) is 15.4. The van der Waals surface area contributed by atoms with Crippen LogP contribution >= 0.6 is 0 Å². The Bertz CT molecular complexity index is 596. The smallest absolute Gasteiger partial charge is 0.0594 e. The number of hydrogen-bond donors (Lipinski definition) is 0. The van der Waals surface area contributed by atoms with Crippen LogP contribution in [0.3, 0.4) is 0 Å². The van der Waals surface area contributed by atoms with Gasteiger partial charge < -0.3 is 4.74 Å². The summed E-state index contributed by atoms with van der Waals surface area (Å²) in [6.45, 7) is 9.83. The Kier molecular flexibility index (Phi) is 5.12. The molecule has 2 nitrogen and oxygen atoms in total. The van der Waals surface area contributed by atoms with Crippen molar-refractivity contribution >= 4 is 10.8 Å². The van der Waals surface area contributed by atoms with Crippen LogP contribution in [0.5, 0.6) is 0 Å². The van der Waals surface area contributed by atoms with E-state index in [0.717, 1.165) is 26.3 Å². The normalized spacial score (nSPS) is 18.0. The Hall–Kier alpha value is -1.38. The summed E-state index contributed by atoms with van der Waals surface area (Å²) in [7, 11) is 0. The minimum atomic E-state index is 0.619. The molecule has 0 saturated carbocycles. The predicted molar refractivity (Wildman–Crippen MR) is 93.4 cm³/mol. The molecular weight excluding hydrogens is 270 g/mol. The molecule has 1 aliphatic heterocycles. The molecule has 0 aromatic heterocycles. The minimum Gasteiger partial charge on any atom is -0.379 e. The number of fused-ring (bicyclic) bond motifs is 1. The molecule has 1 heterocycles. The number of rotatable bonds is 5. The molecule has 0 amide bonds. The van der Waals surface area contributed by atoms with E-state index < -0.39 is 0 Å². The lowest BCUT2D eigenvalue weighted by Gasteiger charge is -2.30. The summed E-state index contributed by atoms with van der Waals surface area (Å²) >= 11 is 0. The summed E-state index contributed by atoms with van der Waals surface area (Å²) in [5.74, 6) is 1.28. The van der Waals surface area contributed by atoms with Crippen molar-refractivity contribution in [3.8, 4) is 0 Å². The van der Waals surface area contributed by atoms with E-state index in [0.29, 0.717) is 11.8 Å². The Labute approximate surface area is 134 Å². The van der Waals surface area contributed by atoms with Gasteiger partial charge in [-0.3, -0.25) is 4.90 Å². The lowest BCUT2D eigenvalue weighted by atomic mass is 9.83. The second kappa shape index (κ2) is 7.26. The van der Waals surface area contributed by atoms with Crippen LogP contribution in [0.15, 0.2) is 42.5 Å². The van der Waals surface area contributed by atoms with Gasteiger partial charge in [-0.25, -0.2) is 0 Å². The van der Waals surface area contributed by atoms with E-state index in [1.54, 1.807) is 0 Å². The molecule has 2 aromatic carbocycles. The molecule has 1 fully saturated rings. The van der Waals surface area contributed by atoms with Crippen LogP contribution in [0, 0.1) is 5.92 Å². The molecule has 2 heteroatoms. The quantitative estimate of drug-likeness (QED) is 0.816. The second-order valence-corrected chi connectivity index (χ2v) is 6.66. The maximum atomic E-state index is 5.45. The van der Waals surface area contributed by atoms with Crippen LogP contribution in [-0.2, 0) is 4.74 Å². The number of ether oxygens (including phenoxy) is 1. The summed E-state index contributed by atoms with van der Waals surface area (Å²) in [6.07, 6.45) is 1.23. The molecule has 0 radical (unpaired) electrons. The van der Waals surface area contributed by atoms with Gasteiger partial charge in [-0.15, -0.1) is 0 Å². The van der Waals surface area contributed by atoms with Gasteiger partial charge in [-0.2, -0.15) is 0 Å². The van der Waals surface area contributed by atoms with Crippen LogP contribution < -0.4 is 0 Å². The predicted octanol–water partition coefficient (Wildman–Crippen LogP) is 4.30. The van der Waals surface area contributed by atoms with Crippen LogP contribution in [0.2, 0.25) is 0 Å². The van der Waals surface area contributed by atoms with E-state index in [-0.39, 0.29) is 0 Å². The number of benzene rings is 2. The summed E-state index contributed by atoms with van der Waals surface area (Å²) in [4.78, 5) is 2.55. The zero-order valence-electron chi connectivity index (χ0n) is 13.8. The molecule has 1 aliphatic rings. The molecule has 1 atom stereocenters. The van der Waals surface area contributed by atoms with Gasteiger partial charge in [0.25, 0.3) is 0 Å². The Morgan fingerprint density at radius 3 is 2.50 bits per heavy atom. The molecular formula is C20H27NO. The monoisotopic (exact) mass is 297 g/mol. The van der Waals surface area contributed by atoms with Gasteiger partial charge in [0.1, 0.15) is 0 Å². The summed E-state index contributed by atoms with van der Waals surface area (Å²) in [5, 5.41) is 2.78. The summed E-state index contributed by atoms with van der Waals surface area (Å²) < 4.78 is 5.45. The second-order valence-electron chi connectivity index (χ2n) is 6.66. The fourth-order valence-corrected chi connectivity index (χ4v) is 3.57. The maximum Gasteiger partial charge on any atom is 0.0594 e. The van der Waals surface area contributed by atoms with Gasteiger partial charge >= 0.3 is 0 Å². The number of morpholine rings is 1. The van der Waals surface area contributed by atoms with Crippen molar-refractivity contribution in [3.63, 3.8) is 0 Å². The van der Waals surface area contributed by atoms with E-state index in [1.807, 2.05) is 0 Å². The van der Waals surface area contributed by atoms with Crippen molar-refractivity contribution < 1.29 is 4.74 Å². The zero-order valence-corrected chi connectivity index (χ0v) is 13.8. The summed E-state index contributed by atoms with van der Waals surface area (Å²) in [5.41, 5.74) is 1.52. The molecule has 0 unspecified atom stereocenters. The number of hydrogen-bond acceptors (Lipinski definition) is 2. The van der Waals surface area contributed by atoms with Gasteiger partial charge in [-0.05, 0) is 41.1 Å².